The van der Waals surface area contributed by atoms with Gasteiger partial charge in [-0.15, -0.1) is 0 Å². The minimum absolute atomic E-state index is 0.591. The van der Waals surface area contributed by atoms with Gasteiger partial charge in [0.15, 0.2) is 0 Å². The van der Waals surface area contributed by atoms with E-state index in [9.17, 15) is 0 Å². The van der Waals surface area contributed by atoms with E-state index >= 15 is 0 Å². The number of imidazole rings is 1. The monoisotopic (exact) mass is 253 g/mol. The molecule has 1 aromatic rings. The number of hydrogen-bond donors (Lipinski definition) is 1. The van der Waals surface area contributed by atoms with Gasteiger partial charge < -0.3 is 10.3 Å². The maximum absolute atomic E-state index is 6.29. The molecular weight excluding hydrogens is 230 g/mol. The standard InChI is InChI=1S/C13H23N3S/c1-3-5-11-15-12(10-6-8-17-9-10)13(14)16(11)7-4-2/h10H,3-9,14H2,1-2H3. The highest BCUT2D eigenvalue weighted by Crippen LogP contribution is 2.35. The minimum atomic E-state index is 0.591. The Hall–Kier alpha value is -0.640. The van der Waals surface area contributed by atoms with Gasteiger partial charge in [-0.2, -0.15) is 11.8 Å². The third kappa shape index (κ3) is 2.62. The molecule has 17 heavy (non-hydrogen) atoms. The summed E-state index contributed by atoms with van der Waals surface area (Å²) in [5, 5.41) is 0. The first-order valence-electron chi connectivity index (χ1n) is 6.70. The number of nitrogens with two attached hydrogens (primary N) is 1. The van der Waals surface area contributed by atoms with Crippen molar-refractivity contribution in [3.05, 3.63) is 11.5 Å². The van der Waals surface area contributed by atoms with Crippen molar-refractivity contribution in [2.45, 2.75) is 52.0 Å². The van der Waals surface area contributed by atoms with Crippen molar-refractivity contribution in [1.29, 1.82) is 0 Å². The van der Waals surface area contributed by atoms with Gasteiger partial charge in [-0.25, -0.2) is 4.98 Å². The molecule has 1 saturated heterocycles. The molecule has 1 unspecified atom stereocenters. The lowest BCUT2D eigenvalue weighted by Crippen LogP contribution is -2.08. The molecule has 2 rings (SSSR count). The summed E-state index contributed by atoms with van der Waals surface area (Å²) in [7, 11) is 0. The van der Waals surface area contributed by atoms with Crippen molar-refractivity contribution in [2.75, 3.05) is 17.2 Å². The number of aromatic nitrogens is 2. The largest absolute Gasteiger partial charge is 0.384 e. The number of rotatable bonds is 5. The van der Waals surface area contributed by atoms with Crippen molar-refractivity contribution < 1.29 is 0 Å². The Morgan fingerprint density at radius 1 is 1.41 bits per heavy atom. The Labute approximate surface area is 108 Å². The summed E-state index contributed by atoms with van der Waals surface area (Å²) >= 11 is 2.02. The zero-order valence-corrected chi connectivity index (χ0v) is 11.7. The van der Waals surface area contributed by atoms with Crippen LogP contribution in [-0.4, -0.2) is 21.1 Å². The van der Waals surface area contributed by atoms with Crippen molar-refractivity contribution in [3.63, 3.8) is 0 Å². The molecule has 1 atom stereocenters. The number of hydrogen-bond acceptors (Lipinski definition) is 3. The minimum Gasteiger partial charge on any atom is -0.384 e. The predicted molar refractivity (Wildman–Crippen MR) is 75.6 cm³/mol. The highest BCUT2D eigenvalue weighted by Gasteiger charge is 2.25. The molecule has 1 aromatic heterocycles. The smallest absolute Gasteiger partial charge is 0.127 e. The number of anilines is 1. The molecule has 0 spiro atoms. The summed E-state index contributed by atoms with van der Waals surface area (Å²) in [6, 6.07) is 0. The van der Waals surface area contributed by atoms with Gasteiger partial charge in [0, 0.05) is 24.6 Å². The summed E-state index contributed by atoms with van der Waals surface area (Å²) in [6.07, 6.45) is 4.54. The molecule has 0 bridgehead atoms. The Morgan fingerprint density at radius 2 is 2.24 bits per heavy atom. The molecule has 1 aliphatic rings. The molecule has 0 radical (unpaired) electrons. The fourth-order valence-electron chi connectivity index (χ4n) is 2.47. The Balaban J connectivity index is 2.29. The van der Waals surface area contributed by atoms with E-state index in [0.717, 1.165) is 31.6 Å². The molecule has 0 amide bonds. The van der Waals surface area contributed by atoms with Crippen LogP contribution in [0.5, 0.6) is 0 Å². The highest BCUT2D eigenvalue weighted by molar-refractivity contribution is 7.99. The SMILES string of the molecule is CCCc1nc(C2CCSC2)c(N)n1CCC. The van der Waals surface area contributed by atoms with Crippen LogP contribution in [0.2, 0.25) is 0 Å². The van der Waals surface area contributed by atoms with Crippen LogP contribution >= 0.6 is 11.8 Å². The van der Waals surface area contributed by atoms with E-state index in [1.165, 1.54) is 29.4 Å². The maximum Gasteiger partial charge on any atom is 0.127 e. The van der Waals surface area contributed by atoms with E-state index in [0.29, 0.717) is 5.92 Å². The molecule has 2 N–H and O–H groups in total. The van der Waals surface area contributed by atoms with E-state index in [2.05, 4.69) is 18.4 Å². The molecule has 0 aliphatic carbocycles. The van der Waals surface area contributed by atoms with Crippen LogP contribution in [0.25, 0.3) is 0 Å². The van der Waals surface area contributed by atoms with E-state index < -0.39 is 0 Å². The number of nitrogens with zero attached hydrogens (tertiary/aromatic N) is 2. The zero-order valence-electron chi connectivity index (χ0n) is 10.9. The number of thioether (sulfide) groups is 1. The van der Waals surface area contributed by atoms with Crippen LogP contribution in [0, 0.1) is 0 Å². The van der Waals surface area contributed by atoms with Crippen molar-refractivity contribution in [2.24, 2.45) is 0 Å². The second-order valence-corrected chi connectivity index (χ2v) is 5.91. The highest BCUT2D eigenvalue weighted by atomic mass is 32.2. The zero-order chi connectivity index (χ0) is 12.3. The Morgan fingerprint density at radius 3 is 2.82 bits per heavy atom. The molecule has 1 aliphatic heterocycles. The average molecular weight is 253 g/mol. The summed E-state index contributed by atoms with van der Waals surface area (Å²) in [6.45, 7) is 5.40. The van der Waals surface area contributed by atoms with Gasteiger partial charge in [-0.05, 0) is 25.0 Å². The Bertz CT molecular complexity index is 367. The second kappa shape index (κ2) is 5.80. The molecule has 4 heteroatoms. The van der Waals surface area contributed by atoms with Crippen molar-refractivity contribution in [3.8, 4) is 0 Å². The van der Waals surface area contributed by atoms with Gasteiger partial charge in [-0.1, -0.05) is 13.8 Å². The van der Waals surface area contributed by atoms with Crippen LogP contribution in [0.15, 0.2) is 0 Å². The van der Waals surface area contributed by atoms with Crippen LogP contribution < -0.4 is 5.73 Å². The van der Waals surface area contributed by atoms with E-state index in [-0.39, 0.29) is 0 Å². The first kappa shape index (κ1) is 12.8. The fourth-order valence-corrected chi connectivity index (χ4v) is 3.70. The molecule has 0 aromatic carbocycles. The van der Waals surface area contributed by atoms with Crippen molar-refractivity contribution in [1.82, 2.24) is 9.55 Å². The second-order valence-electron chi connectivity index (χ2n) is 4.76. The summed E-state index contributed by atoms with van der Waals surface area (Å²) < 4.78 is 2.24. The van der Waals surface area contributed by atoms with Gasteiger partial charge >= 0.3 is 0 Å². The van der Waals surface area contributed by atoms with Crippen LogP contribution in [0.1, 0.15) is 50.5 Å². The molecule has 3 nitrogen and oxygen atoms in total. The average Bonchev–Trinajstić information content (AvgIpc) is 2.92. The third-order valence-electron chi connectivity index (χ3n) is 3.35. The quantitative estimate of drug-likeness (QED) is 0.877. The first-order chi connectivity index (χ1) is 8.27. The maximum atomic E-state index is 6.29. The summed E-state index contributed by atoms with van der Waals surface area (Å²) in [5.41, 5.74) is 7.46. The molecule has 96 valence electrons. The summed E-state index contributed by atoms with van der Waals surface area (Å²) in [5.74, 6) is 5.17. The lowest BCUT2D eigenvalue weighted by atomic mass is 10.1. The van der Waals surface area contributed by atoms with Gasteiger partial charge in [0.05, 0.1) is 5.69 Å². The lowest BCUT2D eigenvalue weighted by Gasteiger charge is -2.09. The van der Waals surface area contributed by atoms with Gasteiger partial charge in [0.25, 0.3) is 0 Å². The molecule has 0 saturated carbocycles. The van der Waals surface area contributed by atoms with E-state index in [4.69, 9.17) is 10.7 Å². The fraction of sp³-hybridized carbons (Fsp3) is 0.769. The molecule has 1 fully saturated rings. The van der Waals surface area contributed by atoms with Crippen molar-refractivity contribution >= 4 is 17.6 Å². The predicted octanol–water partition coefficient (Wildman–Crippen LogP) is 3.05. The van der Waals surface area contributed by atoms with E-state index in [1.54, 1.807) is 0 Å². The molecule has 2 heterocycles. The first-order valence-corrected chi connectivity index (χ1v) is 7.85. The van der Waals surface area contributed by atoms with Gasteiger partial charge in [0.2, 0.25) is 0 Å². The number of nitrogen functional groups attached to an aromatic ring is 1. The van der Waals surface area contributed by atoms with Crippen LogP contribution in [0.4, 0.5) is 5.82 Å². The third-order valence-corrected chi connectivity index (χ3v) is 4.51. The number of aryl methyl sites for hydroxylation is 1. The summed E-state index contributed by atoms with van der Waals surface area (Å²) in [4.78, 5) is 4.82. The van der Waals surface area contributed by atoms with Crippen LogP contribution in [0.3, 0.4) is 0 Å². The normalized spacial score (nSPS) is 20.0. The van der Waals surface area contributed by atoms with Gasteiger partial charge in [0.1, 0.15) is 11.6 Å². The topological polar surface area (TPSA) is 43.8 Å². The van der Waals surface area contributed by atoms with E-state index in [1.807, 2.05) is 11.8 Å². The van der Waals surface area contributed by atoms with Gasteiger partial charge in [-0.3, -0.25) is 0 Å². The Kier molecular flexibility index (Phi) is 4.37. The van der Waals surface area contributed by atoms with Crippen LogP contribution in [-0.2, 0) is 13.0 Å². The molecular formula is C13H23N3S. The lowest BCUT2D eigenvalue weighted by molar-refractivity contribution is 0.637.